The van der Waals surface area contributed by atoms with Crippen molar-refractivity contribution >= 4 is 0 Å². The minimum absolute atomic E-state index is 0.427. The van der Waals surface area contributed by atoms with Gasteiger partial charge in [0, 0.05) is 0 Å². The van der Waals surface area contributed by atoms with E-state index in [4.69, 9.17) is 5.11 Å². The molecular formula is C8H16O. The van der Waals surface area contributed by atoms with E-state index < -0.39 is 0 Å². The fourth-order valence-electron chi connectivity index (χ4n) is 0.573. The van der Waals surface area contributed by atoms with Gasteiger partial charge in [0.15, 0.2) is 0 Å². The summed E-state index contributed by atoms with van der Waals surface area (Å²) in [5.41, 5.74) is 0. The fourth-order valence-corrected chi connectivity index (χ4v) is 0.573. The summed E-state index contributed by atoms with van der Waals surface area (Å²) in [7, 11) is 0. The van der Waals surface area contributed by atoms with Crippen LogP contribution in [0.15, 0.2) is 11.8 Å². The second-order valence-electron chi connectivity index (χ2n) is 2.91. The van der Waals surface area contributed by atoms with Crippen LogP contribution in [0.25, 0.3) is 0 Å². The highest BCUT2D eigenvalue weighted by Gasteiger charge is 2.02. The molecule has 0 spiro atoms. The van der Waals surface area contributed by atoms with Crippen LogP contribution in [-0.2, 0) is 0 Å². The molecule has 1 heteroatoms. The molecule has 1 N–H and O–H groups in total. The highest BCUT2D eigenvalue weighted by atomic mass is 16.3. The Kier molecular flexibility index (Phi) is 3.36. The molecule has 0 radical (unpaired) electrons. The highest BCUT2D eigenvalue weighted by Crippen LogP contribution is 2.11. The Balaban J connectivity index is 3.76. The first-order valence-electron chi connectivity index (χ1n) is 3.41. The lowest BCUT2D eigenvalue weighted by Crippen LogP contribution is -2.00. The normalized spacial score (nSPS) is 16.3. The molecule has 9 heavy (non-hydrogen) atoms. The summed E-state index contributed by atoms with van der Waals surface area (Å²) in [5, 5.41) is 8.83. The first-order chi connectivity index (χ1) is 4.04. The van der Waals surface area contributed by atoms with E-state index in [0.29, 0.717) is 17.6 Å². The van der Waals surface area contributed by atoms with E-state index in [1.54, 1.807) is 6.92 Å². The van der Waals surface area contributed by atoms with Crippen molar-refractivity contribution < 1.29 is 5.11 Å². The topological polar surface area (TPSA) is 20.2 Å². The maximum absolute atomic E-state index is 8.83. The van der Waals surface area contributed by atoms with Crippen LogP contribution in [0.4, 0.5) is 0 Å². The van der Waals surface area contributed by atoms with Crippen LogP contribution in [0.3, 0.4) is 0 Å². The summed E-state index contributed by atoms with van der Waals surface area (Å²) in [6, 6.07) is 0. The molecule has 1 atom stereocenters. The highest BCUT2D eigenvalue weighted by molar-refractivity contribution is 4.90. The average Bonchev–Trinajstić information content (AvgIpc) is 1.63. The average molecular weight is 128 g/mol. The van der Waals surface area contributed by atoms with Crippen LogP contribution in [0.2, 0.25) is 0 Å². The molecule has 0 aliphatic heterocycles. The van der Waals surface area contributed by atoms with Crippen LogP contribution >= 0.6 is 0 Å². The van der Waals surface area contributed by atoms with Crippen molar-refractivity contribution in [1.82, 2.24) is 0 Å². The third kappa shape index (κ3) is 4.07. The second-order valence-corrected chi connectivity index (χ2v) is 2.91. The van der Waals surface area contributed by atoms with Crippen molar-refractivity contribution in [1.29, 1.82) is 0 Å². The van der Waals surface area contributed by atoms with E-state index in [2.05, 4.69) is 20.8 Å². The van der Waals surface area contributed by atoms with Crippen LogP contribution in [-0.4, -0.2) is 5.11 Å². The van der Waals surface area contributed by atoms with Gasteiger partial charge in [-0.25, -0.2) is 0 Å². The van der Waals surface area contributed by atoms with Crippen LogP contribution in [0.5, 0.6) is 0 Å². The molecule has 0 saturated carbocycles. The zero-order valence-corrected chi connectivity index (χ0v) is 6.68. The first-order valence-corrected chi connectivity index (χ1v) is 3.41. The summed E-state index contributed by atoms with van der Waals surface area (Å²) in [6.45, 7) is 8.09. The van der Waals surface area contributed by atoms with E-state index in [0.717, 1.165) is 0 Å². The molecular weight excluding hydrogens is 112 g/mol. The van der Waals surface area contributed by atoms with E-state index in [9.17, 15) is 0 Å². The molecule has 0 aromatic rings. The molecule has 54 valence electrons. The number of hydrogen-bond donors (Lipinski definition) is 1. The Morgan fingerprint density at radius 3 is 1.89 bits per heavy atom. The van der Waals surface area contributed by atoms with E-state index in [-0.39, 0.29) is 0 Å². The van der Waals surface area contributed by atoms with Crippen LogP contribution in [0, 0.1) is 11.8 Å². The van der Waals surface area contributed by atoms with Crippen LogP contribution < -0.4 is 0 Å². The summed E-state index contributed by atoms with van der Waals surface area (Å²) < 4.78 is 0. The number of hydrogen-bond acceptors (Lipinski definition) is 1. The lowest BCUT2D eigenvalue weighted by Gasteiger charge is -2.09. The number of aliphatic hydroxyl groups is 1. The van der Waals surface area contributed by atoms with Gasteiger partial charge in [-0.1, -0.05) is 20.8 Å². The number of rotatable bonds is 2. The molecule has 0 rings (SSSR count). The Morgan fingerprint density at radius 2 is 1.78 bits per heavy atom. The van der Waals surface area contributed by atoms with Gasteiger partial charge in [0.25, 0.3) is 0 Å². The van der Waals surface area contributed by atoms with E-state index >= 15 is 0 Å². The van der Waals surface area contributed by atoms with Crippen molar-refractivity contribution in [2.45, 2.75) is 27.7 Å². The monoisotopic (exact) mass is 128 g/mol. The van der Waals surface area contributed by atoms with Crippen molar-refractivity contribution in [3.63, 3.8) is 0 Å². The molecule has 0 fully saturated rings. The van der Waals surface area contributed by atoms with Crippen molar-refractivity contribution in [3.8, 4) is 0 Å². The maximum atomic E-state index is 8.83. The minimum Gasteiger partial charge on any atom is -0.513 e. The molecule has 0 heterocycles. The Bertz CT molecular complexity index is 99.1. The zero-order chi connectivity index (χ0) is 7.44. The van der Waals surface area contributed by atoms with Gasteiger partial charge in [-0.15, -0.1) is 0 Å². The number of allylic oxidation sites excluding steroid dienone is 2. The molecule has 0 bridgehead atoms. The lowest BCUT2D eigenvalue weighted by atomic mass is 9.98. The molecule has 0 amide bonds. The Labute approximate surface area is 57.4 Å². The third-order valence-corrected chi connectivity index (χ3v) is 1.56. The van der Waals surface area contributed by atoms with Gasteiger partial charge in [0.2, 0.25) is 0 Å². The quantitative estimate of drug-likeness (QED) is 0.567. The first kappa shape index (κ1) is 8.54. The summed E-state index contributed by atoms with van der Waals surface area (Å²) in [5.74, 6) is 1.53. The molecule has 0 aliphatic carbocycles. The standard InChI is InChI=1S/C8H16O/c1-6(2)7(3)5-8(4)9/h5-7,9H,1-4H3/b8-5-. The maximum Gasteiger partial charge on any atom is 0.0854 e. The Hall–Kier alpha value is -0.460. The lowest BCUT2D eigenvalue weighted by molar-refractivity contribution is 0.395. The largest absolute Gasteiger partial charge is 0.513 e. The summed E-state index contributed by atoms with van der Waals surface area (Å²) >= 11 is 0. The molecule has 0 aromatic heterocycles. The van der Waals surface area contributed by atoms with Gasteiger partial charge in [0.1, 0.15) is 0 Å². The molecule has 1 unspecified atom stereocenters. The van der Waals surface area contributed by atoms with E-state index in [1.165, 1.54) is 0 Å². The van der Waals surface area contributed by atoms with Gasteiger partial charge >= 0.3 is 0 Å². The summed E-state index contributed by atoms with van der Waals surface area (Å²) in [4.78, 5) is 0. The predicted octanol–water partition coefficient (Wildman–Crippen LogP) is 2.74. The second kappa shape index (κ2) is 3.54. The molecule has 0 aromatic carbocycles. The number of aliphatic hydroxyl groups excluding tert-OH is 1. The third-order valence-electron chi connectivity index (χ3n) is 1.56. The van der Waals surface area contributed by atoms with Crippen molar-refractivity contribution in [2.75, 3.05) is 0 Å². The minimum atomic E-state index is 0.427. The van der Waals surface area contributed by atoms with Crippen molar-refractivity contribution in [3.05, 3.63) is 11.8 Å². The van der Waals surface area contributed by atoms with Gasteiger partial charge in [-0.3, -0.25) is 0 Å². The van der Waals surface area contributed by atoms with Gasteiger partial charge < -0.3 is 5.11 Å². The van der Waals surface area contributed by atoms with Crippen LogP contribution in [0.1, 0.15) is 27.7 Å². The fraction of sp³-hybridized carbons (Fsp3) is 0.750. The van der Waals surface area contributed by atoms with Gasteiger partial charge in [0.05, 0.1) is 5.76 Å². The Morgan fingerprint density at radius 1 is 1.33 bits per heavy atom. The molecule has 1 nitrogen and oxygen atoms in total. The van der Waals surface area contributed by atoms with E-state index in [1.807, 2.05) is 6.08 Å². The van der Waals surface area contributed by atoms with Crippen molar-refractivity contribution in [2.24, 2.45) is 11.8 Å². The molecule has 0 aliphatic rings. The van der Waals surface area contributed by atoms with Gasteiger partial charge in [-0.2, -0.15) is 0 Å². The SMILES string of the molecule is C/C(O)=C/C(C)C(C)C. The van der Waals surface area contributed by atoms with Gasteiger partial charge in [-0.05, 0) is 24.8 Å². The smallest absolute Gasteiger partial charge is 0.0854 e. The zero-order valence-electron chi connectivity index (χ0n) is 6.68. The molecule has 0 saturated heterocycles. The summed E-state index contributed by atoms with van der Waals surface area (Å²) in [6.07, 6.45) is 1.88. The predicted molar refractivity (Wildman–Crippen MR) is 40.4 cm³/mol.